The maximum absolute atomic E-state index is 13.3. The van der Waals surface area contributed by atoms with E-state index in [-0.39, 0.29) is 5.69 Å². The largest absolute Gasteiger partial charge is 0.372 e. The van der Waals surface area contributed by atoms with Gasteiger partial charge in [-0.2, -0.15) is 0 Å². The number of carbonyl (C=O) groups excluding carboxylic acids is 1. The van der Waals surface area contributed by atoms with Crippen LogP contribution in [-0.4, -0.2) is 29.0 Å². The van der Waals surface area contributed by atoms with Gasteiger partial charge in [-0.05, 0) is 61.4 Å². The Hall–Kier alpha value is -3.48. The van der Waals surface area contributed by atoms with E-state index in [4.69, 9.17) is 0 Å². The Bertz CT molecular complexity index is 971. The second-order valence-electron chi connectivity index (χ2n) is 6.60. The van der Waals surface area contributed by atoms with Crippen LogP contribution in [0.15, 0.2) is 60.8 Å². The molecule has 2 N–H and O–H groups in total. The van der Waals surface area contributed by atoms with Crippen molar-refractivity contribution in [2.24, 2.45) is 0 Å². The van der Waals surface area contributed by atoms with E-state index >= 15 is 0 Å². The fourth-order valence-electron chi connectivity index (χ4n) is 3.17. The van der Waals surface area contributed by atoms with Crippen LogP contribution in [0.2, 0.25) is 0 Å². The molecule has 142 valence electrons. The molecule has 0 unspecified atom stereocenters. The molecule has 2 aromatic carbocycles. The Kier molecular flexibility index (Phi) is 5.14. The minimum atomic E-state index is -0.430. The molecule has 1 aliphatic heterocycles. The number of carbonyl (C=O) groups is 1. The quantitative estimate of drug-likeness (QED) is 0.697. The Labute approximate surface area is 162 Å². The molecule has 4 rings (SSSR count). The lowest BCUT2D eigenvalue weighted by atomic mass is 10.2. The zero-order chi connectivity index (χ0) is 19.3. The average Bonchev–Trinajstić information content (AvgIpc) is 3.24. The van der Waals surface area contributed by atoms with E-state index in [2.05, 4.69) is 37.6 Å². The van der Waals surface area contributed by atoms with Gasteiger partial charge >= 0.3 is 0 Å². The molecule has 0 atom stereocenters. The van der Waals surface area contributed by atoms with Gasteiger partial charge in [0.2, 0.25) is 5.95 Å². The average molecular weight is 377 g/mol. The van der Waals surface area contributed by atoms with Gasteiger partial charge in [0, 0.05) is 36.3 Å². The number of amides is 1. The van der Waals surface area contributed by atoms with Crippen LogP contribution in [0.1, 0.15) is 23.3 Å². The molecule has 0 spiro atoms. The minimum Gasteiger partial charge on any atom is -0.372 e. The Morgan fingerprint density at radius 3 is 2.54 bits per heavy atom. The summed E-state index contributed by atoms with van der Waals surface area (Å²) in [6.45, 7) is 2.19. The van der Waals surface area contributed by atoms with Gasteiger partial charge in [-0.3, -0.25) is 4.79 Å². The first-order chi connectivity index (χ1) is 13.7. The van der Waals surface area contributed by atoms with Gasteiger partial charge < -0.3 is 15.5 Å². The van der Waals surface area contributed by atoms with E-state index in [1.54, 1.807) is 6.07 Å². The van der Waals surface area contributed by atoms with Crippen LogP contribution in [0.5, 0.6) is 0 Å². The molecule has 0 saturated carbocycles. The van der Waals surface area contributed by atoms with Crippen LogP contribution in [0.3, 0.4) is 0 Å². The highest BCUT2D eigenvalue weighted by Crippen LogP contribution is 2.23. The normalized spacial score (nSPS) is 13.4. The number of nitrogens with zero attached hydrogens (tertiary/aromatic N) is 3. The SMILES string of the molecule is O=C(Nc1cccc(F)c1)c1ccnc(Nc2ccc(N3CCCC3)cc2)n1. The monoisotopic (exact) mass is 377 g/mol. The third-order valence-electron chi connectivity index (χ3n) is 4.57. The molecule has 1 amide bonds. The highest BCUT2D eigenvalue weighted by atomic mass is 19.1. The van der Waals surface area contributed by atoms with Gasteiger partial charge in [-0.25, -0.2) is 14.4 Å². The van der Waals surface area contributed by atoms with Gasteiger partial charge in [0.15, 0.2) is 0 Å². The van der Waals surface area contributed by atoms with E-state index in [0.717, 1.165) is 18.8 Å². The minimum absolute atomic E-state index is 0.190. The summed E-state index contributed by atoms with van der Waals surface area (Å²) in [6, 6.07) is 15.3. The number of rotatable bonds is 5. The Morgan fingerprint density at radius 2 is 1.79 bits per heavy atom. The lowest BCUT2D eigenvalue weighted by Gasteiger charge is -2.17. The van der Waals surface area contributed by atoms with Gasteiger partial charge in [-0.1, -0.05) is 6.07 Å². The number of nitrogens with one attached hydrogen (secondary N) is 2. The summed E-state index contributed by atoms with van der Waals surface area (Å²) < 4.78 is 13.3. The van der Waals surface area contributed by atoms with Crippen LogP contribution >= 0.6 is 0 Å². The molecule has 1 saturated heterocycles. The summed E-state index contributed by atoms with van der Waals surface area (Å²) >= 11 is 0. The number of halogens is 1. The lowest BCUT2D eigenvalue weighted by Crippen LogP contribution is -2.17. The first-order valence-corrected chi connectivity index (χ1v) is 9.19. The molecule has 1 aliphatic rings. The third-order valence-corrected chi connectivity index (χ3v) is 4.57. The predicted molar refractivity (Wildman–Crippen MR) is 108 cm³/mol. The van der Waals surface area contributed by atoms with Crippen molar-refractivity contribution in [2.45, 2.75) is 12.8 Å². The highest BCUT2D eigenvalue weighted by Gasteiger charge is 2.13. The molecular weight excluding hydrogens is 357 g/mol. The van der Waals surface area contributed by atoms with Crippen molar-refractivity contribution in [1.82, 2.24) is 9.97 Å². The van der Waals surface area contributed by atoms with Gasteiger partial charge in [-0.15, -0.1) is 0 Å². The smallest absolute Gasteiger partial charge is 0.274 e. The van der Waals surface area contributed by atoms with Crippen LogP contribution in [0.4, 0.5) is 27.4 Å². The highest BCUT2D eigenvalue weighted by molar-refractivity contribution is 6.03. The molecule has 1 fully saturated rings. The van der Waals surface area contributed by atoms with Crippen molar-refractivity contribution in [1.29, 1.82) is 0 Å². The lowest BCUT2D eigenvalue weighted by molar-refractivity contribution is 0.102. The molecule has 0 aliphatic carbocycles. The summed E-state index contributed by atoms with van der Waals surface area (Å²) in [5, 5.41) is 5.74. The van der Waals surface area contributed by atoms with Crippen LogP contribution in [0.25, 0.3) is 0 Å². The Morgan fingerprint density at radius 1 is 1.00 bits per heavy atom. The summed E-state index contributed by atoms with van der Waals surface area (Å²) in [7, 11) is 0. The molecule has 1 aromatic heterocycles. The molecule has 6 nitrogen and oxygen atoms in total. The van der Waals surface area contributed by atoms with Crippen molar-refractivity contribution in [2.75, 3.05) is 28.6 Å². The first-order valence-electron chi connectivity index (χ1n) is 9.19. The number of benzene rings is 2. The molecule has 3 aromatic rings. The van der Waals surface area contributed by atoms with E-state index in [1.807, 2.05) is 12.1 Å². The maximum Gasteiger partial charge on any atom is 0.274 e. The summed E-state index contributed by atoms with van der Waals surface area (Å²) in [5.41, 5.74) is 2.60. The Balaban J connectivity index is 1.44. The second kappa shape index (κ2) is 8.04. The predicted octanol–water partition coefficient (Wildman–Crippen LogP) is 4.21. The van der Waals surface area contributed by atoms with Crippen molar-refractivity contribution >= 4 is 28.9 Å². The molecule has 28 heavy (non-hydrogen) atoms. The van der Waals surface area contributed by atoms with E-state index < -0.39 is 11.7 Å². The van der Waals surface area contributed by atoms with E-state index in [0.29, 0.717) is 11.6 Å². The van der Waals surface area contributed by atoms with E-state index in [9.17, 15) is 9.18 Å². The van der Waals surface area contributed by atoms with Crippen molar-refractivity contribution in [3.05, 3.63) is 72.3 Å². The fourth-order valence-corrected chi connectivity index (χ4v) is 3.17. The van der Waals surface area contributed by atoms with Gasteiger partial charge in [0.05, 0.1) is 0 Å². The van der Waals surface area contributed by atoms with Crippen LogP contribution < -0.4 is 15.5 Å². The third kappa shape index (κ3) is 4.25. The number of anilines is 4. The summed E-state index contributed by atoms with van der Waals surface area (Å²) in [4.78, 5) is 23.1. The standard InChI is InChI=1S/C21H20FN5O/c22-15-4-3-5-17(14-15)24-20(28)19-10-11-23-21(26-19)25-16-6-8-18(9-7-16)27-12-1-2-13-27/h3-11,14H,1-2,12-13H2,(H,24,28)(H,23,25,26). The first kappa shape index (κ1) is 17.9. The molecule has 7 heteroatoms. The molecular formula is C21H20FN5O. The molecule has 2 heterocycles. The topological polar surface area (TPSA) is 70.2 Å². The van der Waals surface area contributed by atoms with Crippen LogP contribution in [-0.2, 0) is 0 Å². The van der Waals surface area contributed by atoms with Crippen molar-refractivity contribution in [3.8, 4) is 0 Å². The fraction of sp³-hybridized carbons (Fsp3) is 0.190. The summed E-state index contributed by atoms with van der Waals surface area (Å²) in [6.07, 6.45) is 3.98. The van der Waals surface area contributed by atoms with Crippen LogP contribution in [0, 0.1) is 5.82 Å². The number of hydrogen-bond acceptors (Lipinski definition) is 5. The molecule has 0 bridgehead atoms. The number of aromatic nitrogens is 2. The number of hydrogen-bond donors (Lipinski definition) is 2. The zero-order valence-corrected chi connectivity index (χ0v) is 15.2. The second-order valence-corrected chi connectivity index (χ2v) is 6.60. The van der Waals surface area contributed by atoms with Crippen molar-refractivity contribution < 1.29 is 9.18 Å². The zero-order valence-electron chi connectivity index (χ0n) is 15.2. The summed E-state index contributed by atoms with van der Waals surface area (Å²) in [5.74, 6) is -0.526. The molecule has 0 radical (unpaired) electrons. The van der Waals surface area contributed by atoms with Gasteiger partial charge in [0.1, 0.15) is 11.5 Å². The van der Waals surface area contributed by atoms with E-state index in [1.165, 1.54) is 49.0 Å². The maximum atomic E-state index is 13.3. The van der Waals surface area contributed by atoms with Gasteiger partial charge in [0.25, 0.3) is 5.91 Å². The van der Waals surface area contributed by atoms with Crippen molar-refractivity contribution in [3.63, 3.8) is 0 Å².